The van der Waals surface area contributed by atoms with Crippen LogP contribution in [0.15, 0.2) is 36.4 Å². The third-order valence-electron chi connectivity index (χ3n) is 4.72. The predicted molar refractivity (Wildman–Crippen MR) is 94.7 cm³/mol. The van der Waals surface area contributed by atoms with E-state index in [2.05, 4.69) is 35.4 Å². The number of hydrogen-bond donors (Lipinski definition) is 1. The van der Waals surface area contributed by atoms with Crippen LogP contribution in [0, 0.1) is 13.8 Å². The normalized spacial score (nSPS) is 15.7. The maximum atomic E-state index is 12.6. The van der Waals surface area contributed by atoms with Gasteiger partial charge in [0.05, 0.1) is 6.61 Å². The summed E-state index contributed by atoms with van der Waals surface area (Å²) in [5.74, 6) is 0.0890. The van der Waals surface area contributed by atoms with E-state index in [0.717, 1.165) is 37.4 Å². The second kappa shape index (κ2) is 7.20. The van der Waals surface area contributed by atoms with Crippen molar-refractivity contribution in [1.29, 1.82) is 0 Å². The number of hydrogen-bond acceptors (Lipinski definition) is 3. The highest BCUT2D eigenvalue weighted by Gasteiger charge is 2.21. The van der Waals surface area contributed by atoms with Gasteiger partial charge < -0.3 is 14.6 Å². The van der Waals surface area contributed by atoms with Gasteiger partial charge in [0.2, 0.25) is 0 Å². The van der Waals surface area contributed by atoms with Crippen LogP contribution in [0.5, 0.6) is 0 Å². The number of aliphatic hydroxyl groups is 1. The van der Waals surface area contributed by atoms with Crippen molar-refractivity contribution in [2.45, 2.75) is 13.8 Å². The Morgan fingerprint density at radius 3 is 2.08 bits per heavy atom. The molecule has 1 N–H and O–H groups in total. The standard InChI is InChI=1S/C19H25N3O2/c1-15-3-4-16(2)22(15)18-7-5-17(6-8-18)19(24)21-11-9-20(10-12-21)13-14-23/h3-8,23H,9-14H2,1-2H3. The van der Waals surface area contributed by atoms with Crippen LogP contribution in [-0.2, 0) is 0 Å². The number of amides is 1. The number of nitrogens with zero attached hydrogens (tertiary/aromatic N) is 3. The molecule has 2 aromatic rings. The first kappa shape index (κ1) is 16.7. The van der Waals surface area contributed by atoms with Crippen LogP contribution in [0.1, 0.15) is 21.7 Å². The van der Waals surface area contributed by atoms with Crippen LogP contribution in [0.3, 0.4) is 0 Å². The molecule has 0 atom stereocenters. The molecule has 1 aromatic heterocycles. The van der Waals surface area contributed by atoms with Crippen LogP contribution >= 0.6 is 0 Å². The Kier molecular flexibility index (Phi) is 5.02. The van der Waals surface area contributed by atoms with Gasteiger partial charge in [-0.3, -0.25) is 9.69 Å². The van der Waals surface area contributed by atoms with E-state index in [4.69, 9.17) is 5.11 Å². The van der Waals surface area contributed by atoms with Crippen molar-refractivity contribution in [3.8, 4) is 5.69 Å². The Hall–Kier alpha value is -2.11. The molecule has 5 heteroatoms. The first-order valence-corrected chi connectivity index (χ1v) is 8.48. The second-order valence-corrected chi connectivity index (χ2v) is 6.36. The Morgan fingerprint density at radius 1 is 0.958 bits per heavy atom. The highest BCUT2D eigenvalue weighted by atomic mass is 16.3. The summed E-state index contributed by atoms with van der Waals surface area (Å²) in [4.78, 5) is 16.7. The van der Waals surface area contributed by atoms with Gasteiger partial charge in [0.1, 0.15) is 0 Å². The van der Waals surface area contributed by atoms with Crippen molar-refractivity contribution in [2.24, 2.45) is 0 Å². The van der Waals surface area contributed by atoms with E-state index in [1.165, 1.54) is 11.4 Å². The van der Waals surface area contributed by atoms with Crippen molar-refractivity contribution in [1.82, 2.24) is 14.4 Å². The van der Waals surface area contributed by atoms with E-state index in [1.807, 2.05) is 29.2 Å². The summed E-state index contributed by atoms with van der Waals surface area (Å²) in [5, 5.41) is 8.99. The lowest BCUT2D eigenvalue weighted by molar-refractivity contribution is 0.0615. The fourth-order valence-corrected chi connectivity index (χ4v) is 3.33. The fourth-order valence-electron chi connectivity index (χ4n) is 3.33. The van der Waals surface area contributed by atoms with Crippen LogP contribution < -0.4 is 0 Å². The topological polar surface area (TPSA) is 48.7 Å². The van der Waals surface area contributed by atoms with E-state index in [9.17, 15) is 4.79 Å². The summed E-state index contributed by atoms with van der Waals surface area (Å²) in [6.45, 7) is 8.11. The minimum absolute atomic E-state index is 0.0890. The lowest BCUT2D eigenvalue weighted by Gasteiger charge is -2.34. The molecule has 0 saturated carbocycles. The van der Waals surface area contributed by atoms with Crippen molar-refractivity contribution in [2.75, 3.05) is 39.3 Å². The Balaban J connectivity index is 1.69. The first-order valence-electron chi connectivity index (χ1n) is 8.48. The number of aryl methyl sites for hydroxylation is 2. The summed E-state index contributed by atoms with van der Waals surface area (Å²) >= 11 is 0. The van der Waals surface area contributed by atoms with Crippen molar-refractivity contribution in [3.05, 3.63) is 53.3 Å². The second-order valence-electron chi connectivity index (χ2n) is 6.36. The maximum Gasteiger partial charge on any atom is 0.253 e. The minimum Gasteiger partial charge on any atom is -0.395 e. The molecule has 3 rings (SSSR count). The summed E-state index contributed by atoms with van der Waals surface area (Å²) in [6, 6.07) is 12.0. The third kappa shape index (κ3) is 3.37. The summed E-state index contributed by atoms with van der Waals surface area (Å²) < 4.78 is 2.18. The molecule has 1 aliphatic rings. The number of carbonyl (C=O) groups is 1. The largest absolute Gasteiger partial charge is 0.395 e. The van der Waals surface area contributed by atoms with Crippen molar-refractivity contribution >= 4 is 5.91 Å². The molecule has 1 aliphatic heterocycles. The highest BCUT2D eigenvalue weighted by Crippen LogP contribution is 2.18. The molecule has 1 amide bonds. The zero-order valence-corrected chi connectivity index (χ0v) is 14.4. The van der Waals surface area contributed by atoms with Crippen molar-refractivity contribution in [3.63, 3.8) is 0 Å². The molecule has 5 nitrogen and oxygen atoms in total. The van der Waals surface area contributed by atoms with E-state index in [1.54, 1.807) is 0 Å². The Morgan fingerprint density at radius 2 is 1.54 bits per heavy atom. The minimum atomic E-state index is 0.0890. The molecule has 1 aromatic carbocycles. The van der Waals surface area contributed by atoms with Gasteiger partial charge in [-0.1, -0.05) is 0 Å². The average molecular weight is 327 g/mol. The van der Waals surface area contributed by atoms with Gasteiger partial charge in [-0.25, -0.2) is 0 Å². The number of benzene rings is 1. The van der Waals surface area contributed by atoms with Crippen molar-refractivity contribution < 1.29 is 9.90 Å². The molecule has 1 saturated heterocycles. The smallest absolute Gasteiger partial charge is 0.253 e. The number of aromatic nitrogens is 1. The lowest BCUT2D eigenvalue weighted by atomic mass is 10.1. The van der Waals surface area contributed by atoms with Crippen LogP contribution in [0.2, 0.25) is 0 Å². The van der Waals surface area contributed by atoms with Crippen LogP contribution in [0.4, 0.5) is 0 Å². The molecule has 2 heterocycles. The summed E-state index contributed by atoms with van der Waals surface area (Å²) in [6.07, 6.45) is 0. The van der Waals surface area contributed by atoms with Gasteiger partial charge in [0, 0.05) is 55.4 Å². The van der Waals surface area contributed by atoms with E-state index >= 15 is 0 Å². The van der Waals surface area contributed by atoms with Gasteiger partial charge >= 0.3 is 0 Å². The Bertz CT molecular complexity index is 678. The molecule has 0 bridgehead atoms. The number of β-amino-alcohol motifs (C(OH)–C–C–N with tert-alkyl or cyclic N) is 1. The molecule has 0 radical (unpaired) electrons. The quantitative estimate of drug-likeness (QED) is 0.932. The zero-order valence-electron chi connectivity index (χ0n) is 14.4. The SMILES string of the molecule is Cc1ccc(C)n1-c1ccc(C(=O)N2CCN(CCO)CC2)cc1. The van der Waals surface area contributed by atoms with Gasteiger partial charge in [0.15, 0.2) is 0 Å². The molecule has 128 valence electrons. The maximum absolute atomic E-state index is 12.6. The third-order valence-corrected chi connectivity index (χ3v) is 4.72. The van der Waals surface area contributed by atoms with E-state index in [-0.39, 0.29) is 12.5 Å². The van der Waals surface area contributed by atoms with Gasteiger partial charge in [-0.15, -0.1) is 0 Å². The van der Waals surface area contributed by atoms with Gasteiger partial charge in [-0.05, 0) is 50.2 Å². The highest BCUT2D eigenvalue weighted by molar-refractivity contribution is 5.94. The molecule has 0 aliphatic carbocycles. The molecule has 0 unspecified atom stereocenters. The zero-order chi connectivity index (χ0) is 17.1. The molecule has 24 heavy (non-hydrogen) atoms. The van der Waals surface area contributed by atoms with E-state index < -0.39 is 0 Å². The first-order chi connectivity index (χ1) is 11.6. The average Bonchev–Trinajstić information content (AvgIpc) is 2.94. The molecular formula is C19H25N3O2. The van der Waals surface area contributed by atoms with E-state index in [0.29, 0.717) is 6.54 Å². The number of piperazine rings is 1. The lowest BCUT2D eigenvalue weighted by Crippen LogP contribution is -2.49. The monoisotopic (exact) mass is 327 g/mol. The van der Waals surface area contributed by atoms with Crippen LogP contribution in [0.25, 0.3) is 5.69 Å². The molecular weight excluding hydrogens is 302 g/mol. The molecule has 1 fully saturated rings. The number of rotatable bonds is 4. The van der Waals surface area contributed by atoms with Crippen LogP contribution in [-0.4, -0.2) is 64.7 Å². The number of aliphatic hydroxyl groups excluding tert-OH is 1. The summed E-state index contributed by atoms with van der Waals surface area (Å²) in [7, 11) is 0. The van der Waals surface area contributed by atoms with Gasteiger partial charge in [0.25, 0.3) is 5.91 Å². The Labute approximate surface area is 143 Å². The summed E-state index contributed by atoms with van der Waals surface area (Å²) in [5.41, 5.74) is 4.19. The number of carbonyl (C=O) groups excluding carboxylic acids is 1. The predicted octanol–water partition coefficient (Wildman–Crippen LogP) is 1.84. The molecule has 0 spiro atoms. The van der Waals surface area contributed by atoms with Gasteiger partial charge in [-0.2, -0.15) is 0 Å². The fraction of sp³-hybridized carbons (Fsp3) is 0.421.